The molecular weight excluding hydrogens is 254 g/mol. The van der Waals surface area contributed by atoms with E-state index in [1.807, 2.05) is 19.9 Å². The molecule has 3 N–H and O–H groups in total. The molecular formula is C14H19N5O. The zero-order valence-corrected chi connectivity index (χ0v) is 11.9. The molecule has 20 heavy (non-hydrogen) atoms. The van der Waals surface area contributed by atoms with Gasteiger partial charge in [-0.2, -0.15) is 5.10 Å². The molecule has 0 aromatic carbocycles. The van der Waals surface area contributed by atoms with Crippen molar-refractivity contribution in [1.29, 1.82) is 0 Å². The van der Waals surface area contributed by atoms with Crippen LogP contribution in [-0.4, -0.2) is 27.6 Å². The Morgan fingerprint density at radius 2 is 2.15 bits per heavy atom. The first kappa shape index (κ1) is 14.0. The van der Waals surface area contributed by atoms with Gasteiger partial charge in [0, 0.05) is 6.54 Å². The van der Waals surface area contributed by atoms with Crippen LogP contribution in [-0.2, 0) is 0 Å². The molecule has 6 nitrogen and oxygen atoms in total. The van der Waals surface area contributed by atoms with E-state index in [1.54, 1.807) is 12.3 Å². The van der Waals surface area contributed by atoms with Crippen LogP contribution in [0.5, 0.6) is 0 Å². The highest BCUT2D eigenvalue weighted by molar-refractivity contribution is 6.03. The average Bonchev–Trinajstić information content (AvgIpc) is 2.77. The molecule has 2 heterocycles. The number of hydrogen-bond donors (Lipinski definition) is 3. The number of aromatic amines is 1. The Labute approximate surface area is 118 Å². The van der Waals surface area contributed by atoms with Gasteiger partial charge in [0.25, 0.3) is 5.91 Å². The summed E-state index contributed by atoms with van der Waals surface area (Å²) in [5.74, 6) is -0.236. The van der Waals surface area contributed by atoms with Gasteiger partial charge < -0.3 is 10.6 Å². The third-order valence-corrected chi connectivity index (χ3v) is 2.94. The highest BCUT2D eigenvalue weighted by Gasteiger charge is 2.12. The third kappa shape index (κ3) is 3.14. The number of pyridine rings is 1. The maximum Gasteiger partial charge on any atom is 0.274 e. The second-order valence-corrected chi connectivity index (χ2v) is 4.62. The molecule has 0 atom stereocenters. The number of carbonyl (C=O) groups excluding carboxylic acids is 1. The summed E-state index contributed by atoms with van der Waals surface area (Å²) >= 11 is 0. The molecule has 0 saturated heterocycles. The number of aryl methyl sites for hydroxylation is 2. The minimum Gasteiger partial charge on any atom is -0.384 e. The molecule has 2 aromatic rings. The molecule has 6 heteroatoms. The number of amides is 1. The van der Waals surface area contributed by atoms with E-state index in [4.69, 9.17) is 0 Å². The van der Waals surface area contributed by atoms with Gasteiger partial charge in [-0.25, -0.2) is 4.98 Å². The number of anilines is 2. The van der Waals surface area contributed by atoms with Gasteiger partial charge in [-0.15, -0.1) is 0 Å². The molecule has 0 unspecified atom stereocenters. The molecule has 2 aromatic heterocycles. The quantitative estimate of drug-likeness (QED) is 0.781. The Kier molecular flexibility index (Phi) is 4.34. The van der Waals surface area contributed by atoms with Gasteiger partial charge in [-0.1, -0.05) is 6.92 Å². The Morgan fingerprint density at radius 3 is 2.70 bits per heavy atom. The molecule has 1 amide bonds. The van der Waals surface area contributed by atoms with Crippen LogP contribution >= 0.6 is 0 Å². The first-order chi connectivity index (χ1) is 9.61. The minimum atomic E-state index is -0.236. The molecule has 0 aliphatic rings. The summed E-state index contributed by atoms with van der Waals surface area (Å²) in [6, 6.07) is 3.56. The van der Waals surface area contributed by atoms with Gasteiger partial charge >= 0.3 is 0 Å². The van der Waals surface area contributed by atoms with Gasteiger partial charge in [-0.05, 0) is 32.4 Å². The topological polar surface area (TPSA) is 82.7 Å². The van der Waals surface area contributed by atoms with Crippen molar-refractivity contribution in [3.8, 4) is 0 Å². The number of carbonyl (C=O) groups is 1. The highest BCUT2D eigenvalue weighted by Crippen LogP contribution is 2.17. The van der Waals surface area contributed by atoms with Crippen molar-refractivity contribution in [1.82, 2.24) is 15.2 Å². The van der Waals surface area contributed by atoms with Crippen LogP contribution in [0.3, 0.4) is 0 Å². The highest BCUT2D eigenvalue weighted by atomic mass is 16.1. The van der Waals surface area contributed by atoms with Crippen molar-refractivity contribution in [2.45, 2.75) is 27.2 Å². The molecule has 0 aliphatic heterocycles. The van der Waals surface area contributed by atoms with Gasteiger partial charge in [0.1, 0.15) is 5.69 Å². The number of nitrogens with one attached hydrogen (secondary N) is 3. The lowest BCUT2D eigenvalue weighted by atomic mass is 10.2. The van der Waals surface area contributed by atoms with Gasteiger partial charge in [0.05, 0.1) is 29.0 Å². The number of hydrogen-bond acceptors (Lipinski definition) is 4. The second-order valence-electron chi connectivity index (χ2n) is 4.62. The number of nitrogens with zero attached hydrogens (tertiary/aromatic N) is 2. The second kappa shape index (κ2) is 6.18. The minimum absolute atomic E-state index is 0.236. The van der Waals surface area contributed by atoms with Crippen LogP contribution < -0.4 is 10.6 Å². The maximum absolute atomic E-state index is 12.1. The predicted molar refractivity (Wildman–Crippen MR) is 79.0 cm³/mol. The predicted octanol–water partition coefficient (Wildman–Crippen LogP) is 2.50. The van der Waals surface area contributed by atoms with Crippen molar-refractivity contribution in [3.63, 3.8) is 0 Å². The zero-order valence-electron chi connectivity index (χ0n) is 11.9. The van der Waals surface area contributed by atoms with Crippen LogP contribution in [0.4, 0.5) is 11.4 Å². The molecule has 0 saturated carbocycles. The van der Waals surface area contributed by atoms with E-state index in [1.165, 1.54) is 0 Å². The molecule has 106 valence electrons. The Hall–Kier alpha value is -2.37. The van der Waals surface area contributed by atoms with Gasteiger partial charge in [0.2, 0.25) is 0 Å². The summed E-state index contributed by atoms with van der Waals surface area (Å²) in [5.41, 5.74) is 3.60. The third-order valence-electron chi connectivity index (χ3n) is 2.94. The van der Waals surface area contributed by atoms with Crippen molar-refractivity contribution in [3.05, 3.63) is 35.4 Å². The smallest absolute Gasteiger partial charge is 0.274 e. The monoisotopic (exact) mass is 273 g/mol. The normalized spacial score (nSPS) is 10.3. The van der Waals surface area contributed by atoms with Crippen LogP contribution in [0.15, 0.2) is 18.3 Å². The number of aromatic nitrogens is 3. The van der Waals surface area contributed by atoms with E-state index in [2.05, 4.69) is 32.7 Å². The van der Waals surface area contributed by atoms with E-state index in [0.717, 1.165) is 30.0 Å². The van der Waals surface area contributed by atoms with Crippen molar-refractivity contribution in [2.24, 2.45) is 0 Å². The van der Waals surface area contributed by atoms with Crippen LogP contribution in [0, 0.1) is 13.8 Å². The average molecular weight is 273 g/mol. The van der Waals surface area contributed by atoms with Gasteiger partial charge in [-0.3, -0.25) is 9.89 Å². The fraction of sp³-hybridized carbons (Fsp3) is 0.357. The Balaban J connectivity index is 2.06. The summed E-state index contributed by atoms with van der Waals surface area (Å²) in [4.78, 5) is 16.3. The summed E-state index contributed by atoms with van der Waals surface area (Å²) in [5, 5.41) is 12.9. The Bertz CT molecular complexity index is 569. The summed E-state index contributed by atoms with van der Waals surface area (Å²) < 4.78 is 0. The van der Waals surface area contributed by atoms with E-state index in [9.17, 15) is 4.79 Å². The van der Waals surface area contributed by atoms with Crippen molar-refractivity contribution < 1.29 is 4.79 Å². The van der Waals surface area contributed by atoms with Crippen molar-refractivity contribution >= 4 is 17.3 Å². The fourth-order valence-electron chi connectivity index (χ4n) is 1.81. The lowest BCUT2D eigenvalue weighted by molar-refractivity contribution is 0.102. The lowest BCUT2D eigenvalue weighted by Gasteiger charge is -2.07. The van der Waals surface area contributed by atoms with Crippen molar-refractivity contribution in [2.75, 3.05) is 17.2 Å². The number of rotatable bonds is 5. The van der Waals surface area contributed by atoms with E-state index in [0.29, 0.717) is 11.4 Å². The summed E-state index contributed by atoms with van der Waals surface area (Å²) in [6.07, 6.45) is 2.71. The standard InChI is InChI=1S/C14H19N5O/c1-4-7-15-11-5-6-12(16-8-11)14(20)17-13-9(2)18-19-10(13)3/h5-6,8,15H,4,7H2,1-3H3,(H,17,20)(H,18,19). The van der Waals surface area contributed by atoms with Crippen LogP contribution in [0.1, 0.15) is 35.2 Å². The lowest BCUT2D eigenvalue weighted by Crippen LogP contribution is -2.14. The summed E-state index contributed by atoms with van der Waals surface area (Å²) in [7, 11) is 0. The molecule has 0 bridgehead atoms. The van der Waals surface area contributed by atoms with Crippen LogP contribution in [0.2, 0.25) is 0 Å². The van der Waals surface area contributed by atoms with E-state index >= 15 is 0 Å². The van der Waals surface area contributed by atoms with E-state index in [-0.39, 0.29) is 5.91 Å². The zero-order chi connectivity index (χ0) is 14.5. The van der Waals surface area contributed by atoms with Gasteiger partial charge in [0.15, 0.2) is 0 Å². The molecule has 0 fully saturated rings. The van der Waals surface area contributed by atoms with Crippen LogP contribution in [0.25, 0.3) is 0 Å². The molecule has 0 radical (unpaired) electrons. The summed E-state index contributed by atoms with van der Waals surface area (Å²) in [6.45, 7) is 6.68. The molecule has 0 aliphatic carbocycles. The maximum atomic E-state index is 12.1. The molecule has 2 rings (SSSR count). The first-order valence-electron chi connectivity index (χ1n) is 6.64. The molecule has 0 spiro atoms. The first-order valence-corrected chi connectivity index (χ1v) is 6.64. The van der Waals surface area contributed by atoms with E-state index < -0.39 is 0 Å². The number of H-pyrrole nitrogens is 1. The fourth-order valence-corrected chi connectivity index (χ4v) is 1.81. The SMILES string of the molecule is CCCNc1ccc(C(=O)Nc2c(C)n[nH]c2C)nc1. The Morgan fingerprint density at radius 1 is 1.35 bits per heavy atom. The largest absolute Gasteiger partial charge is 0.384 e.